The number of carbonyl (C=O) groups is 1. The number of benzene rings is 2. The average molecular weight is 369 g/mol. The fourth-order valence-corrected chi connectivity index (χ4v) is 4.39. The molecule has 0 saturated carbocycles. The number of fused-ring (bicyclic) bond motifs is 1. The van der Waals surface area contributed by atoms with Gasteiger partial charge in [-0.2, -0.15) is 0 Å². The van der Waals surface area contributed by atoms with E-state index in [1.165, 1.54) is 21.8 Å². The number of hydrogen-bond acceptors (Lipinski definition) is 3. The second-order valence-electron chi connectivity index (χ2n) is 6.87. The Morgan fingerprint density at radius 2 is 1.65 bits per heavy atom. The van der Waals surface area contributed by atoms with Crippen molar-refractivity contribution in [1.82, 2.24) is 4.98 Å². The van der Waals surface area contributed by atoms with Crippen LogP contribution in [0.1, 0.15) is 5.56 Å². The number of piperazine rings is 1. The number of rotatable bonds is 5. The summed E-state index contributed by atoms with van der Waals surface area (Å²) < 4.78 is 1.10. The van der Waals surface area contributed by atoms with Crippen molar-refractivity contribution in [1.29, 1.82) is 0 Å². The van der Waals surface area contributed by atoms with Crippen molar-refractivity contribution in [2.75, 3.05) is 38.0 Å². The third kappa shape index (κ3) is 4.27. The summed E-state index contributed by atoms with van der Waals surface area (Å²) in [6.45, 7) is 5.89. The summed E-state index contributed by atoms with van der Waals surface area (Å²) >= 11 is 1.53. The maximum atomic E-state index is 12.4. The number of para-hydroxylation sites is 1. The van der Waals surface area contributed by atoms with Gasteiger partial charge in [-0.25, -0.2) is 4.98 Å². The summed E-state index contributed by atoms with van der Waals surface area (Å²) in [6, 6.07) is 18.6. The van der Waals surface area contributed by atoms with Crippen LogP contribution in [-0.2, 0) is 11.3 Å². The molecule has 1 saturated heterocycles. The molecule has 1 aliphatic rings. The maximum Gasteiger partial charge on any atom is 0.281 e. The Kier molecular flexibility index (Phi) is 5.24. The van der Waals surface area contributed by atoms with Crippen LogP contribution >= 0.6 is 11.3 Å². The standard InChI is InChI=1S/C20H22N4OS/c25-19(22-20-21-17-8-4-5-9-18(17)26-20)15-24-12-10-23(11-13-24)14-16-6-2-1-3-7-16/h1-9H,10-15H2,(H,21,22,25)/p+2. The molecule has 2 heterocycles. The Balaban J connectivity index is 1.25. The van der Waals surface area contributed by atoms with Gasteiger partial charge in [-0.05, 0) is 12.1 Å². The number of nitrogens with zero attached hydrogens (tertiary/aromatic N) is 1. The first-order valence-electron chi connectivity index (χ1n) is 9.13. The van der Waals surface area contributed by atoms with Gasteiger partial charge in [-0.1, -0.05) is 53.8 Å². The summed E-state index contributed by atoms with van der Waals surface area (Å²) in [7, 11) is 0. The van der Waals surface area contributed by atoms with Gasteiger partial charge in [-0.15, -0.1) is 0 Å². The van der Waals surface area contributed by atoms with Crippen molar-refractivity contribution in [3.63, 3.8) is 0 Å². The van der Waals surface area contributed by atoms with Crippen LogP contribution in [0.2, 0.25) is 0 Å². The van der Waals surface area contributed by atoms with Crippen molar-refractivity contribution >= 4 is 32.6 Å². The number of amides is 1. The van der Waals surface area contributed by atoms with E-state index in [0.717, 1.165) is 42.9 Å². The number of thiazole rings is 1. The molecule has 2 aromatic carbocycles. The lowest BCUT2D eigenvalue weighted by molar-refractivity contribution is -1.02. The third-order valence-corrected chi connectivity index (χ3v) is 5.86. The van der Waals surface area contributed by atoms with E-state index in [2.05, 4.69) is 40.6 Å². The zero-order valence-electron chi connectivity index (χ0n) is 14.7. The zero-order chi connectivity index (χ0) is 17.8. The topological polar surface area (TPSA) is 50.9 Å². The first kappa shape index (κ1) is 17.1. The lowest BCUT2D eigenvalue weighted by atomic mass is 10.2. The smallest absolute Gasteiger partial charge is 0.281 e. The molecule has 0 atom stereocenters. The molecule has 3 N–H and O–H groups in total. The molecular formula is C20H24N4OS+2. The molecule has 134 valence electrons. The lowest BCUT2D eigenvalue weighted by Gasteiger charge is -2.29. The van der Waals surface area contributed by atoms with E-state index in [1.807, 2.05) is 24.3 Å². The lowest BCUT2D eigenvalue weighted by Crippen LogP contribution is -3.28. The van der Waals surface area contributed by atoms with Crippen LogP contribution in [0.15, 0.2) is 54.6 Å². The Morgan fingerprint density at radius 3 is 2.42 bits per heavy atom. The predicted octanol–water partition coefficient (Wildman–Crippen LogP) is 0.218. The van der Waals surface area contributed by atoms with Crippen LogP contribution in [0.5, 0.6) is 0 Å². The molecule has 5 nitrogen and oxygen atoms in total. The molecule has 0 radical (unpaired) electrons. The van der Waals surface area contributed by atoms with Gasteiger partial charge in [0.05, 0.1) is 10.2 Å². The zero-order valence-corrected chi connectivity index (χ0v) is 15.5. The largest absolute Gasteiger partial charge is 0.322 e. The van der Waals surface area contributed by atoms with Crippen LogP contribution in [-0.4, -0.2) is 43.6 Å². The van der Waals surface area contributed by atoms with E-state index in [9.17, 15) is 4.79 Å². The van der Waals surface area contributed by atoms with Crippen LogP contribution in [0.25, 0.3) is 10.2 Å². The monoisotopic (exact) mass is 368 g/mol. The van der Waals surface area contributed by atoms with Crippen molar-refractivity contribution < 1.29 is 14.6 Å². The number of quaternary nitrogens is 2. The fraction of sp³-hybridized carbons (Fsp3) is 0.300. The van der Waals surface area contributed by atoms with Gasteiger partial charge < -0.3 is 9.80 Å². The summed E-state index contributed by atoms with van der Waals surface area (Å²) in [6.07, 6.45) is 0. The van der Waals surface area contributed by atoms with Crippen LogP contribution in [0.4, 0.5) is 5.13 Å². The highest BCUT2D eigenvalue weighted by molar-refractivity contribution is 7.22. The molecule has 1 aromatic heterocycles. The molecule has 0 aliphatic carbocycles. The number of carbonyl (C=O) groups excluding carboxylic acids is 1. The summed E-state index contributed by atoms with van der Waals surface area (Å²) in [5.74, 6) is 0.0607. The first-order chi connectivity index (χ1) is 12.8. The minimum absolute atomic E-state index is 0.0607. The number of aromatic nitrogens is 1. The number of anilines is 1. The Labute approximate surface area is 157 Å². The molecule has 26 heavy (non-hydrogen) atoms. The quantitative estimate of drug-likeness (QED) is 0.603. The second kappa shape index (κ2) is 7.95. The highest BCUT2D eigenvalue weighted by atomic mass is 32.1. The van der Waals surface area contributed by atoms with Crippen LogP contribution < -0.4 is 15.1 Å². The van der Waals surface area contributed by atoms with Gasteiger partial charge >= 0.3 is 0 Å². The number of nitrogens with one attached hydrogen (secondary N) is 3. The molecular weight excluding hydrogens is 344 g/mol. The van der Waals surface area contributed by atoms with Gasteiger partial charge in [0.15, 0.2) is 11.7 Å². The minimum atomic E-state index is 0.0607. The molecule has 1 aliphatic heterocycles. The third-order valence-electron chi connectivity index (χ3n) is 4.91. The van der Waals surface area contributed by atoms with E-state index < -0.39 is 0 Å². The molecule has 0 spiro atoms. The van der Waals surface area contributed by atoms with E-state index in [4.69, 9.17) is 0 Å². The Morgan fingerprint density at radius 1 is 0.962 bits per heavy atom. The van der Waals surface area contributed by atoms with E-state index in [1.54, 1.807) is 4.90 Å². The van der Waals surface area contributed by atoms with E-state index in [-0.39, 0.29) is 5.91 Å². The molecule has 6 heteroatoms. The maximum absolute atomic E-state index is 12.4. The second-order valence-corrected chi connectivity index (χ2v) is 7.90. The summed E-state index contributed by atoms with van der Waals surface area (Å²) in [4.78, 5) is 19.8. The van der Waals surface area contributed by atoms with Gasteiger partial charge in [0.1, 0.15) is 32.7 Å². The number of hydrogen-bond donors (Lipinski definition) is 3. The average Bonchev–Trinajstić information content (AvgIpc) is 3.06. The van der Waals surface area contributed by atoms with Gasteiger partial charge in [-0.3, -0.25) is 10.1 Å². The molecule has 1 fully saturated rings. The van der Waals surface area contributed by atoms with Gasteiger partial charge in [0.25, 0.3) is 5.91 Å². The van der Waals surface area contributed by atoms with E-state index >= 15 is 0 Å². The fourth-order valence-electron chi connectivity index (χ4n) is 3.51. The van der Waals surface area contributed by atoms with Crippen molar-refractivity contribution in [2.45, 2.75) is 6.54 Å². The van der Waals surface area contributed by atoms with Crippen molar-refractivity contribution in [2.24, 2.45) is 0 Å². The summed E-state index contributed by atoms with van der Waals surface area (Å²) in [5, 5.41) is 3.67. The van der Waals surface area contributed by atoms with Crippen molar-refractivity contribution in [3.8, 4) is 0 Å². The molecule has 3 aromatic rings. The SMILES string of the molecule is O=C(C[NH+]1CC[NH+](Cc2ccccc2)CC1)Nc1nc2ccccc2s1. The van der Waals surface area contributed by atoms with Gasteiger partial charge in [0, 0.05) is 5.56 Å². The molecule has 1 amide bonds. The summed E-state index contributed by atoms with van der Waals surface area (Å²) in [5.41, 5.74) is 2.33. The Hall–Kier alpha value is -2.28. The predicted molar refractivity (Wildman–Crippen MR) is 105 cm³/mol. The minimum Gasteiger partial charge on any atom is -0.322 e. The van der Waals surface area contributed by atoms with Crippen LogP contribution in [0.3, 0.4) is 0 Å². The normalized spacial score (nSPS) is 20.2. The Bertz CT molecular complexity index is 839. The van der Waals surface area contributed by atoms with Crippen LogP contribution in [0, 0.1) is 0 Å². The first-order valence-corrected chi connectivity index (χ1v) is 9.94. The highest BCUT2D eigenvalue weighted by Gasteiger charge is 2.25. The molecule has 0 bridgehead atoms. The van der Waals surface area contributed by atoms with Gasteiger partial charge in [0.2, 0.25) is 0 Å². The van der Waals surface area contributed by atoms with Crippen molar-refractivity contribution in [3.05, 3.63) is 60.2 Å². The highest BCUT2D eigenvalue weighted by Crippen LogP contribution is 2.24. The molecule has 0 unspecified atom stereocenters. The molecule has 4 rings (SSSR count). The van der Waals surface area contributed by atoms with E-state index in [0.29, 0.717) is 11.7 Å².